The molecule has 10 heteroatoms. The van der Waals surface area contributed by atoms with Crippen LogP contribution in [0.2, 0.25) is 0 Å². The number of hydrogen-bond donors (Lipinski definition) is 1. The van der Waals surface area contributed by atoms with Crippen molar-refractivity contribution in [2.45, 2.75) is 47.8 Å². The van der Waals surface area contributed by atoms with Gasteiger partial charge in [0, 0.05) is 17.3 Å². The van der Waals surface area contributed by atoms with Crippen LogP contribution >= 0.6 is 0 Å². The van der Waals surface area contributed by atoms with E-state index in [0.717, 1.165) is 45.0 Å². The van der Waals surface area contributed by atoms with E-state index < -0.39 is 0 Å². The Bertz CT molecular complexity index is 1590. The van der Waals surface area contributed by atoms with Crippen molar-refractivity contribution in [3.63, 3.8) is 0 Å². The van der Waals surface area contributed by atoms with E-state index in [1.807, 2.05) is 56.1 Å². The minimum Gasteiger partial charge on any atom is -0.321 e. The summed E-state index contributed by atoms with van der Waals surface area (Å²) >= 11 is 0. The van der Waals surface area contributed by atoms with Crippen LogP contribution in [0.1, 0.15) is 28.5 Å². The van der Waals surface area contributed by atoms with Crippen molar-refractivity contribution in [1.29, 1.82) is 0 Å². The molecular formula is C26H27FN8O. The van der Waals surface area contributed by atoms with Crippen molar-refractivity contribution in [2.24, 2.45) is 0 Å². The van der Waals surface area contributed by atoms with E-state index in [-0.39, 0.29) is 18.3 Å². The van der Waals surface area contributed by atoms with Crippen LogP contribution in [0.15, 0.2) is 42.6 Å². The molecule has 4 aromatic heterocycles. The quantitative estimate of drug-likeness (QED) is 0.386. The second-order valence-electron chi connectivity index (χ2n) is 8.97. The van der Waals surface area contributed by atoms with E-state index >= 15 is 0 Å². The van der Waals surface area contributed by atoms with Crippen molar-refractivity contribution in [2.75, 3.05) is 5.32 Å². The van der Waals surface area contributed by atoms with Gasteiger partial charge in [0.15, 0.2) is 5.65 Å². The molecule has 1 aromatic carbocycles. The number of nitrogens with one attached hydrogen (secondary N) is 1. The average molecular weight is 487 g/mol. The molecule has 5 rings (SSSR count). The zero-order chi connectivity index (χ0) is 25.6. The molecule has 4 heterocycles. The van der Waals surface area contributed by atoms with Gasteiger partial charge in [0.1, 0.15) is 19.0 Å². The van der Waals surface area contributed by atoms with E-state index in [1.165, 1.54) is 12.1 Å². The summed E-state index contributed by atoms with van der Waals surface area (Å²) in [7, 11) is 0. The lowest BCUT2D eigenvalue weighted by Gasteiger charge is -2.09. The highest BCUT2D eigenvalue weighted by atomic mass is 19.1. The number of hydrogen-bond acceptors (Lipinski definition) is 5. The van der Waals surface area contributed by atoms with E-state index in [4.69, 9.17) is 0 Å². The molecule has 0 aliphatic rings. The molecule has 184 valence electrons. The van der Waals surface area contributed by atoms with Crippen LogP contribution in [-0.4, -0.2) is 40.2 Å². The third-order valence-corrected chi connectivity index (χ3v) is 6.27. The molecule has 0 aliphatic carbocycles. The number of anilines is 1. The highest BCUT2D eigenvalue weighted by Gasteiger charge is 2.19. The summed E-state index contributed by atoms with van der Waals surface area (Å²) in [6.45, 7) is 10.1. The standard InChI is InChI=1S/C26H27FN8O/c1-15-12-16(2)34(30-15)14-35-19(5)25(18(4)32-35)29-23(36)13-33-26-24(17(3)31-33)22(10-11-28-26)20-6-8-21(27)9-7-20/h6-12H,13-14H2,1-5H3,(H,29,36). The largest absolute Gasteiger partial charge is 0.321 e. The van der Waals surface area contributed by atoms with E-state index in [2.05, 4.69) is 25.6 Å². The van der Waals surface area contributed by atoms with E-state index in [0.29, 0.717) is 18.0 Å². The molecule has 0 unspecified atom stereocenters. The Kier molecular flexibility index (Phi) is 5.87. The molecule has 0 radical (unpaired) electrons. The van der Waals surface area contributed by atoms with Crippen LogP contribution in [0.3, 0.4) is 0 Å². The Morgan fingerprint density at radius 2 is 1.64 bits per heavy atom. The molecule has 0 spiro atoms. The van der Waals surface area contributed by atoms with Gasteiger partial charge in [-0.1, -0.05) is 12.1 Å². The SMILES string of the molecule is Cc1cc(C)n(Cn2nc(C)c(NC(=O)Cn3nc(C)c4c(-c5ccc(F)cc5)ccnc43)c2C)n1. The minimum absolute atomic E-state index is 0.00820. The lowest BCUT2D eigenvalue weighted by molar-refractivity contribution is -0.116. The molecular weight excluding hydrogens is 459 g/mol. The van der Waals surface area contributed by atoms with Crippen LogP contribution in [0, 0.1) is 40.4 Å². The Balaban J connectivity index is 1.39. The van der Waals surface area contributed by atoms with Crippen molar-refractivity contribution in [3.8, 4) is 11.1 Å². The average Bonchev–Trinajstić information content (AvgIpc) is 3.42. The van der Waals surface area contributed by atoms with Crippen molar-refractivity contribution >= 4 is 22.6 Å². The van der Waals surface area contributed by atoms with Gasteiger partial charge in [-0.15, -0.1) is 0 Å². The normalized spacial score (nSPS) is 11.4. The molecule has 0 atom stereocenters. The predicted octanol–water partition coefficient (Wildman–Crippen LogP) is 4.32. The number of carbonyl (C=O) groups is 1. The molecule has 36 heavy (non-hydrogen) atoms. The molecule has 0 bridgehead atoms. The molecule has 0 fully saturated rings. The fraction of sp³-hybridized carbons (Fsp3) is 0.269. The second-order valence-corrected chi connectivity index (χ2v) is 8.97. The number of rotatable bonds is 6. The number of nitrogens with zero attached hydrogens (tertiary/aromatic N) is 7. The molecule has 0 aliphatic heterocycles. The maximum atomic E-state index is 13.4. The van der Waals surface area contributed by atoms with Crippen LogP contribution in [0.25, 0.3) is 22.2 Å². The number of carbonyl (C=O) groups excluding carboxylic acids is 1. The predicted molar refractivity (Wildman–Crippen MR) is 135 cm³/mol. The summed E-state index contributed by atoms with van der Waals surface area (Å²) in [4.78, 5) is 17.5. The number of aromatic nitrogens is 7. The first-order chi connectivity index (χ1) is 17.2. The van der Waals surface area contributed by atoms with Crippen molar-refractivity contribution in [1.82, 2.24) is 34.3 Å². The zero-order valence-corrected chi connectivity index (χ0v) is 20.9. The summed E-state index contributed by atoms with van der Waals surface area (Å²) in [5, 5.41) is 17.5. The van der Waals surface area contributed by atoms with Gasteiger partial charge in [0.2, 0.25) is 5.91 Å². The Hall–Kier alpha value is -4.34. The molecule has 5 aromatic rings. The Morgan fingerprint density at radius 1 is 0.917 bits per heavy atom. The van der Waals surface area contributed by atoms with Crippen molar-refractivity contribution < 1.29 is 9.18 Å². The van der Waals surface area contributed by atoms with Gasteiger partial charge in [-0.05, 0) is 70.0 Å². The monoisotopic (exact) mass is 486 g/mol. The van der Waals surface area contributed by atoms with Gasteiger partial charge < -0.3 is 5.32 Å². The van der Waals surface area contributed by atoms with Gasteiger partial charge in [0.25, 0.3) is 0 Å². The fourth-order valence-electron chi connectivity index (χ4n) is 4.54. The van der Waals surface area contributed by atoms with E-state index in [9.17, 15) is 9.18 Å². The van der Waals surface area contributed by atoms with Gasteiger partial charge in [-0.25, -0.2) is 23.4 Å². The first kappa shape index (κ1) is 23.4. The van der Waals surface area contributed by atoms with Gasteiger partial charge in [-0.2, -0.15) is 15.3 Å². The smallest absolute Gasteiger partial charge is 0.246 e. The minimum atomic E-state index is -0.295. The van der Waals surface area contributed by atoms with E-state index in [1.54, 1.807) is 23.0 Å². The maximum Gasteiger partial charge on any atom is 0.246 e. The molecule has 0 saturated carbocycles. The number of aryl methyl sites for hydroxylation is 4. The summed E-state index contributed by atoms with van der Waals surface area (Å²) < 4.78 is 18.7. The Labute approximate surface area is 207 Å². The first-order valence-corrected chi connectivity index (χ1v) is 11.6. The van der Waals surface area contributed by atoms with Crippen molar-refractivity contribution in [3.05, 3.63) is 76.9 Å². The summed E-state index contributed by atoms with van der Waals surface area (Å²) in [5.41, 5.74) is 7.31. The highest BCUT2D eigenvalue weighted by molar-refractivity contribution is 5.96. The topological polar surface area (TPSA) is 95.5 Å². The highest BCUT2D eigenvalue weighted by Crippen LogP contribution is 2.30. The Morgan fingerprint density at radius 3 is 2.33 bits per heavy atom. The number of pyridine rings is 1. The first-order valence-electron chi connectivity index (χ1n) is 11.6. The molecule has 1 N–H and O–H groups in total. The maximum absolute atomic E-state index is 13.4. The zero-order valence-electron chi connectivity index (χ0n) is 20.9. The van der Waals surface area contributed by atoms with Gasteiger partial charge in [0.05, 0.1) is 28.5 Å². The number of halogens is 1. The van der Waals surface area contributed by atoms with Crippen LogP contribution in [-0.2, 0) is 18.0 Å². The van der Waals surface area contributed by atoms with Gasteiger partial charge in [-0.3, -0.25) is 4.79 Å². The van der Waals surface area contributed by atoms with Crippen LogP contribution in [0.5, 0.6) is 0 Å². The molecule has 1 amide bonds. The number of benzene rings is 1. The molecule has 0 saturated heterocycles. The summed E-state index contributed by atoms with van der Waals surface area (Å²) in [5.74, 6) is -0.526. The van der Waals surface area contributed by atoms with Crippen LogP contribution < -0.4 is 5.32 Å². The third-order valence-electron chi connectivity index (χ3n) is 6.27. The fourth-order valence-corrected chi connectivity index (χ4v) is 4.54. The lowest BCUT2D eigenvalue weighted by atomic mass is 10.0. The number of amides is 1. The summed E-state index contributed by atoms with van der Waals surface area (Å²) in [6.07, 6.45) is 1.67. The number of fused-ring (bicyclic) bond motifs is 1. The van der Waals surface area contributed by atoms with Gasteiger partial charge >= 0.3 is 0 Å². The lowest BCUT2D eigenvalue weighted by Crippen LogP contribution is -2.20. The van der Waals surface area contributed by atoms with Crippen LogP contribution in [0.4, 0.5) is 10.1 Å². The third kappa shape index (κ3) is 4.26. The second kappa shape index (κ2) is 9.03. The molecule has 9 nitrogen and oxygen atoms in total. The summed E-state index contributed by atoms with van der Waals surface area (Å²) in [6, 6.07) is 10.2.